The SMILES string of the molecule is Cc1ccc(NCCN(C(C)C)C(C)C)cc1[N+](=O)[O-]. The van der Waals surface area contributed by atoms with Crippen LogP contribution in [0.1, 0.15) is 33.3 Å². The van der Waals surface area contributed by atoms with Crippen LogP contribution in [0.5, 0.6) is 0 Å². The first-order chi connectivity index (χ1) is 9.32. The van der Waals surface area contributed by atoms with Crippen LogP contribution in [0, 0.1) is 17.0 Å². The van der Waals surface area contributed by atoms with Gasteiger partial charge in [0.05, 0.1) is 4.92 Å². The summed E-state index contributed by atoms with van der Waals surface area (Å²) in [5.41, 5.74) is 1.65. The van der Waals surface area contributed by atoms with E-state index in [0.29, 0.717) is 17.6 Å². The maximum absolute atomic E-state index is 10.9. The Balaban J connectivity index is 2.62. The van der Waals surface area contributed by atoms with E-state index in [0.717, 1.165) is 18.8 Å². The van der Waals surface area contributed by atoms with Crippen LogP contribution in [0.3, 0.4) is 0 Å². The van der Waals surface area contributed by atoms with Crippen LogP contribution in [0.4, 0.5) is 11.4 Å². The Morgan fingerprint density at radius 3 is 2.35 bits per heavy atom. The average Bonchev–Trinajstić information content (AvgIpc) is 2.35. The number of nitrogens with zero attached hydrogens (tertiary/aromatic N) is 2. The van der Waals surface area contributed by atoms with Crippen molar-refractivity contribution in [3.05, 3.63) is 33.9 Å². The minimum Gasteiger partial charge on any atom is -0.384 e. The Labute approximate surface area is 121 Å². The molecule has 1 rings (SSSR count). The van der Waals surface area contributed by atoms with Crippen molar-refractivity contribution < 1.29 is 4.92 Å². The van der Waals surface area contributed by atoms with Gasteiger partial charge in [0, 0.05) is 42.5 Å². The molecule has 0 amide bonds. The molecule has 20 heavy (non-hydrogen) atoms. The van der Waals surface area contributed by atoms with E-state index >= 15 is 0 Å². The predicted molar refractivity (Wildman–Crippen MR) is 83.3 cm³/mol. The van der Waals surface area contributed by atoms with Crippen LogP contribution in [-0.2, 0) is 0 Å². The van der Waals surface area contributed by atoms with Gasteiger partial charge < -0.3 is 5.32 Å². The van der Waals surface area contributed by atoms with Gasteiger partial charge in [-0.1, -0.05) is 6.07 Å². The molecule has 1 aromatic carbocycles. The molecule has 1 aromatic rings. The Morgan fingerprint density at radius 2 is 1.85 bits per heavy atom. The Hall–Kier alpha value is -1.62. The number of aryl methyl sites for hydroxylation is 1. The van der Waals surface area contributed by atoms with Gasteiger partial charge in [-0.2, -0.15) is 0 Å². The van der Waals surface area contributed by atoms with Crippen molar-refractivity contribution >= 4 is 11.4 Å². The second kappa shape index (κ2) is 7.24. The molecule has 0 fully saturated rings. The third-order valence-electron chi connectivity index (χ3n) is 3.43. The van der Waals surface area contributed by atoms with Gasteiger partial charge in [0.15, 0.2) is 0 Å². The lowest BCUT2D eigenvalue weighted by Crippen LogP contribution is -2.40. The molecule has 0 spiro atoms. The zero-order valence-electron chi connectivity index (χ0n) is 13.0. The van der Waals surface area contributed by atoms with Gasteiger partial charge in [0.1, 0.15) is 0 Å². The third-order valence-corrected chi connectivity index (χ3v) is 3.43. The molecule has 0 aliphatic carbocycles. The van der Waals surface area contributed by atoms with Crippen molar-refractivity contribution in [3.8, 4) is 0 Å². The zero-order valence-corrected chi connectivity index (χ0v) is 13.0. The van der Waals surface area contributed by atoms with Gasteiger partial charge in [0.25, 0.3) is 5.69 Å². The summed E-state index contributed by atoms with van der Waals surface area (Å²) < 4.78 is 0. The molecule has 1 N–H and O–H groups in total. The summed E-state index contributed by atoms with van der Waals surface area (Å²) in [5, 5.41) is 14.2. The van der Waals surface area contributed by atoms with Crippen molar-refractivity contribution in [1.82, 2.24) is 4.90 Å². The van der Waals surface area contributed by atoms with Gasteiger partial charge >= 0.3 is 0 Å². The molecule has 0 radical (unpaired) electrons. The highest BCUT2D eigenvalue weighted by Gasteiger charge is 2.13. The summed E-state index contributed by atoms with van der Waals surface area (Å²) in [7, 11) is 0. The molecule has 0 atom stereocenters. The quantitative estimate of drug-likeness (QED) is 0.613. The van der Waals surface area contributed by atoms with E-state index < -0.39 is 0 Å². The van der Waals surface area contributed by atoms with Crippen LogP contribution in [0.25, 0.3) is 0 Å². The highest BCUT2D eigenvalue weighted by molar-refractivity contribution is 5.54. The zero-order chi connectivity index (χ0) is 15.3. The first kappa shape index (κ1) is 16.4. The van der Waals surface area contributed by atoms with Crippen molar-refractivity contribution in [3.63, 3.8) is 0 Å². The molecule has 5 nitrogen and oxygen atoms in total. The highest BCUT2D eigenvalue weighted by Crippen LogP contribution is 2.22. The fourth-order valence-electron chi connectivity index (χ4n) is 2.36. The number of hydrogen-bond donors (Lipinski definition) is 1. The first-order valence-corrected chi connectivity index (χ1v) is 7.07. The molecule has 0 bridgehead atoms. The van der Waals surface area contributed by atoms with Crippen LogP contribution in [-0.4, -0.2) is 35.0 Å². The van der Waals surface area contributed by atoms with Gasteiger partial charge in [-0.25, -0.2) is 0 Å². The monoisotopic (exact) mass is 279 g/mol. The number of anilines is 1. The smallest absolute Gasteiger partial charge is 0.274 e. The van der Waals surface area contributed by atoms with Gasteiger partial charge in [-0.05, 0) is 40.7 Å². The average molecular weight is 279 g/mol. The van der Waals surface area contributed by atoms with E-state index in [1.54, 1.807) is 19.1 Å². The van der Waals surface area contributed by atoms with E-state index in [4.69, 9.17) is 0 Å². The maximum atomic E-state index is 10.9. The topological polar surface area (TPSA) is 58.4 Å². The summed E-state index contributed by atoms with van der Waals surface area (Å²) in [4.78, 5) is 13.0. The number of nitrogens with one attached hydrogen (secondary N) is 1. The van der Waals surface area contributed by atoms with Crippen LogP contribution in [0.2, 0.25) is 0 Å². The number of hydrogen-bond acceptors (Lipinski definition) is 4. The summed E-state index contributed by atoms with van der Waals surface area (Å²) in [5.74, 6) is 0. The summed E-state index contributed by atoms with van der Waals surface area (Å²) >= 11 is 0. The standard InChI is InChI=1S/C15H25N3O2/c1-11(2)17(12(3)4)9-8-16-14-7-6-13(5)15(10-14)18(19)20/h6-7,10-12,16H,8-9H2,1-5H3. The molecule has 5 heteroatoms. The largest absolute Gasteiger partial charge is 0.384 e. The van der Waals surface area contributed by atoms with Crippen LogP contribution < -0.4 is 5.32 Å². The van der Waals surface area contributed by atoms with Crippen LogP contribution in [0.15, 0.2) is 18.2 Å². The Bertz CT molecular complexity index is 450. The predicted octanol–water partition coefficient (Wildman–Crippen LogP) is 3.43. The third kappa shape index (κ3) is 4.49. The molecule has 112 valence electrons. The van der Waals surface area contributed by atoms with Crippen molar-refractivity contribution in [2.45, 2.75) is 46.7 Å². The lowest BCUT2D eigenvalue weighted by molar-refractivity contribution is -0.385. The lowest BCUT2D eigenvalue weighted by Gasteiger charge is -2.30. The van der Waals surface area contributed by atoms with E-state index in [-0.39, 0.29) is 10.6 Å². The molecule has 0 aliphatic rings. The van der Waals surface area contributed by atoms with Crippen LogP contribution >= 0.6 is 0 Å². The fraction of sp³-hybridized carbons (Fsp3) is 0.600. The van der Waals surface area contributed by atoms with Gasteiger partial charge in [-0.3, -0.25) is 15.0 Å². The molecule has 0 unspecified atom stereocenters. The van der Waals surface area contributed by atoms with E-state index in [1.807, 2.05) is 6.07 Å². The Morgan fingerprint density at radius 1 is 1.25 bits per heavy atom. The fourth-order valence-corrected chi connectivity index (χ4v) is 2.36. The molecule has 0 aromatic heterocycles. The minimum absolute atomic E-state index is 0.166. The van der Waals surface area contributed by atoms with E-state index in [9.17, 15) is 10.1 Å². The highest BCUT2D eigenvalue weighted by atomic mass is 16.6. The second-order valence-corrected chi connectivity index (χ2v) is 5.61. The van der Waals surface area contributed by atoms with Crippen molar-refractivity contribution in [1.29, 1.82) is 0 Å². The number of nitro groups is 1. The molecular weight excluding hydrogens is 254 g/mol. The van der Waals surface area contributed by atoms with Crippen molar-refractivity contribution in [2.24, 2.45) is 0 Å². The second-order valence-electron chi connectivity index (χ2n) is 5.61. The molecular formula is C15H25N3O2. The summed E-state index contributed by atoms with van der Waals surface area (Å²) in [6.07, 6.45) is 0. The summed E-state index contributed by atoms with van der Waals surface area (Å²) in [6, 6.07) is 6.25. The lowest BCUT2D eigenvalue weighted by atomic mass is 10.2. The normalized spacial score (nSPS) is 11.4. The van der Waals surface area contributed by atoms with Crippen molar-refractivity contribution in [2.75, 3.05) is 18.4 Å². The maximum Gasteiger partial charge on any atom is 0.274 e. The number of rotatable bonds is 7. The van der Waals surface area contributed by atoms with E-state index in [1.165, 1.54) is 0 Å². The van der Waals surface area contributed by atoms with Gasteiger partial charge in [-0.15, -0.1) is 0 Å². The first-order valence-electron chi connectivity index (χ1n) is 7.07. The molecule has 0 heterocycles. The van der Waals surface area contributed by atoms with E-state index in [2.05, 4.69) is 37.9 Å². The molecule has 0 aliphatic heterocycles. The number of nitro benzene ring substituents is 1. The minimum atomic E-state index is -0.338. The van der Waals surface area contributed by atoms with Gasteiger partial charge in [0.2, 0.25) is 0 Å². The number of benzene rings is 1. The summed E-state index contributed by atoms with van der Waals surface area (Å²) in [6.45, 7) is 12.1. The Kier molecular flexibility index (Phi) is 5.95. The molecule has 0 saturated carbocycles. The molecule has 0 saturated heterocycles.